The fourth-order valence-corrected chi connectivity index (χ4v) is 3.61. The number of thioether (sulfide) groups is 1. The third-order valence-electron chi connectivity index (χ3n) is 2.93. The Morgan fingerprint density at radius 2 is 2.06 bits per heavy atom. The van der Waals surface area contributed by atoms with E-state index in [1.54, 1.807) is 6.33 Å². The molecule has 2 heterocycles. The number of hydrogen-bond donors (Lipinski definition) is 2. The highest BCUT2D eigenvalue weighted by Gasteiger charge is 2.14. The number of anilines is 2. The maximum absolute atomic E-state index is 4.26. The Kier molecular flexibility index (Phi) is 4.91. The molecule has 2 N–H and O–H groups in total. The van der Waals surface area contributed by atoms with Gasteiger partial charge in [0.2, 0.25) is 0 Å². The lowest BCUT2D eigenvalue weighted by molar-refractivity contribution is 0.515. The number of hydrogen-bond acceptors (Lipinski definition) is 5. The summed E-state index contributed by atoms with van der Waals surface area (Å²) < 4.78 is 0.910. The second-order valence-electron chi connectivity index (χ2n) is 4.07. The van der Waals surface area contributed by atoms with Crippen molar-refractivity contribution in [3.63, 3.8) is 0 Å². The summed E-state index contributed by atoms with van der Waals surface area (Å²) in [5, 5.41) is 6.44. The minimum absolute atomic E-state index is 0.774. The second-order valence-corrected chi connectivity index (χ2v) is 6.09. The van der Waals surface area contributed by atoms with Gasteiger partial charge in [0.05, 0.1) is 0 Å². The van der Waals surface area contributed by atoms with E-state index in [1.165, 1.54) is 24.3 Å². The van der Waals surface area contributed by atoms with Crippen molar-refractivity contribution >= 4 is 39.3 Å². The zero-order valence-electron chi connectivity index (χ0n) is 9.87. The van der Waals surface area contributed by atoms with Crippen LogP contribution < -0.4 is 10.6 Å². The topological polar surface area (TPSA) is 49.8 Å². The summed E-state index contributed by atoms with van der Waals surface area (Å²) in [6, 6.07) is 0. The van der Waals surface area contributed by atoms with Gasteiger partial charge in [-0.25, -0.2) is 9.97 Å². The van der Waals surface area contributed by atoms with E-state index in [-0.39, 0.29) is 0 Å². The minimum Gasteiger partial charge on any atom is -0.372 e. The molecule has 0 bridgehead atoms. The van der Waals surface area contributed by atoms with E-state index in [1.807, 2.05) is 7.05 Å². The zero-order valence-corrected chi connectivity index (χ0v) is 12.3. The molecule has 94 valence electrons. The van der Waals surface area contributed by atoms with Crippen LogP contribution in [-0.2, 0) is 0 Å². The number of halogens is 1. The van der Waals surface area contributed by atoms with Crippen molar-refractivity contribution in [2.24, 2.45) is 5.92 Å². The number of aromatic nitrogens is 2. The van der Waals surface area contributed by atoms with Gasteiger partial charge >= 0.3 is 0 Å². The van der Waals surface area contributed by atoms with Gasteiger partial charge in [0, 0.05) is 13.6 Å². The summed E-state index contributed by atoms with van der Waals surface area (Å²) in [4.78, 5) is 8.40. The van der Waals surface area contributed by atoms with Crippen molar-refractivity contribution in [1.29, 1.82) is 0 Å². The molecule has 6 heteroatoms. The van der Waals surface area contributed by atoms with Crippen LogP contribution in [0.2, 0.25) is 0 Å². The van der Waals surface area contributed by atoms with Crippen LogP contribution in [0.1, 0.15) is 12.8 Å². The highest BCUT2D eigenvalue weighted by Crippen LogP contribution is 2.27. The maximum atomic E-state index is 4.26. The summed E-state index contributed by atoms with van der Waals surface area (Å²) >= 11 is 5.57. The largest absolute Gasteiger partial charge is 0.372 e. The Hall–Kier alpha value is -0.490. The van der Waals surface area contributed by atoms with Crippen molar-refractivity contribution in [3.8, 4) is 0 Å². The first kappa shape index (κ1) is 13.0. The number of nitrogens with one attached hydrogen (secondary N) is 2. The fraction of sp³-hybridized carbons (Fsp3) is 0.636. The Bertz CT molecular complexity index is 368. The molecule has 1 aromatic heterocycles. The summed E-state index contributed by atoms with van der Waals surface area (Å²) in [6.07, 6.45) is 4.19. The third kappa shape index (κ3) is 3.48. The molecule has 0 spiro atoms. The minimum atomic E-state index is 0.774. The van der Waals surface area contributed by atoms with Crippen molar-refractivity contribution in [2.75, 3.05) is 35.7 Å². The fourth-order valence-electron chi connectivity index (χ4n) is 1.86. The van der Waals surface area contributed by atoms with Crippen LogP contribution in [0.4, 0.5) is 11.6 Å². The summed E-state index contributed by atoms with van der Waals surface area (Å²) in [6.45, 7) is 0.999. The van der Waals surface area contributed by atoms with Crippen molar-refractivity contribution < 1.29 is 0 Å². The van der Waals surface area contributed by atoms with Gasteiger partial charge in [0.1, 0.15) is 22.4 Å². The maximum Gasteiger partial charge on any atom is 0.145 e. The smallest absolute Gasteiger partial charge is 0.145 e. The molecular weight excluding hydrogens is 300 g/mol. The van der Waals surface area contributed by atoms with Crippen LogP contribution >= 0.6 is 27.7 Å². The van der Waals surface area contributed by atoms with Crippen LogP contribution in [0.15, 0.2) is 10.8 Å². The summed E-state index contributed by atoms with van der Waals surface area (Å²) in [5.74, 6) is 5.05. The molecule has 0 aromatic carbocycles. The molecule has 0 atom stereocenters. The lowest BCUT2D eigenvalue weighted by atomic mass is 10.0. The van der Waals surface area contributed by atoms with E-state index < -0.39 is 0 Å². The highest BCUT2D eigenvalue weighted by molar-refractivity contribution is 9.10. The van der Waals surface area contributed by atoms with E-state index in [0.29, 0.717) is 0 Å². The lowest BCUT2D eigenvalue weighted by Crippen LogP contribution is -2.20. The molecule has 1 fully saturated rings. The second kappa shape index (κ2) is 6.44. The van der Waals surface area contributed by atoms with Gasteiger partial charge in [-0.2, -0.15) is 11.8 Å². The molecule has 1 aromatic rings. The first-order valence-corrected chi connectivity index (χ1v) is 7.76. The monoisotopic (exact) mass is 316 g/mol. The Morgan fingerprint density at radius 1 is 1.35 bits per heavy atom. The molecule has 0 radical (unpaired) electrons. The van der Waals surface area contributed by atoms with Gasteiger partial charge in [-0.15, -0.1) is 0 Å². The van der Waals surface area contributed by atoms with E-state index in [0.717, 1.165) is 28.6 Å². The van der Waals surface area contributed by atoms with E-state index in [2.05, 4.69) is 48.3 Å². The van der Waals surface area contributed by atoms with Crippen LogP contribution in [0.25, 0.3) is 0 Å². The zero-order chi connectivity index (χ0) is 12.1. The van der Waals surface area contributed by atoms with Crippen LogP contribution in [0, 0.1) is 5.92 Å². The molecule has 1 aliphatic heterocycles. The van der Waals surface area contributed by atoms with Gasteiger partial charge in [-0.1, -0.05) is 0 Å². The van der Waals surface area contributed by atoms with Gasteiger partial charge < -0.3 is 10.6 Å². The summed E-state index contributed by atoms with van der Waals surface area (Å²) in [7, 11) is 1.86. The van der Waals surface area contributed by atoms with Crippen LogP contribution in [0.3, 0.4) is 0 Å². The molecule has 4 nitrogen and oxygen atoms in total. The average Bonchev–Trinajstić information content (AvgIpc) is 2.39. The average molecular weight is 317 g/mol. The predicted molar refractivity (Wildman–Crippen MR) is 77.8 cm³/mol. The predicted octanol–water partition coefficient (Wildman–Crippen LogP) is 2.84. The molecule has 1 aliphatic rings. The highest BCUT2D eigenvalue weighted by atomic mass is 79.9. The third-order valence-corrected chi connectivity index (χ3v) is 4.73. The molecule has 0 aliphatic carbocycles. The normalized spacial score (nSPS) is 16.8. The first-order valence-electron chi connectivity index (χ1n) is 5.81. The van der Waals surface area contributed by atoms with Crippen molar-refractivity contribution in [3.05, 3.63) is 10.8 Å². The van der Waals surface area contributed by atoms with Crippen molar-refractivity contribution in [2.45, 2.75) is 12.8 Å². The Labute approximate surface area is 115 Å². The Balaban J connectivity index is 1.93. The molecule has 1 saturated heterocycles. The van der Waals surface area contributed by atoms with Gasteiger partial charge in [-0.3, -0.25) is 0 Å². The van der Waals surface area contributed by atoms with Gasteiger partial charge in [0.15, 0.2) is 0 Å². The number of rotatable bonds is 4. The van der Waals surface area contributed by atoms with Crippen LogP contribution in [0.5, 0.6) is 0 Å². The van der Waals surface area contributed by atoms with Crippen LogP contribution in [-0.4, -0.2) is 35.1 Å². The quantitative estimate of drug-likeness (QED) is 0.894. The molecule has 0 amide bonds. The molecular formula is C11H17BrN4S. The number of nitrogens with zero attached hydrogens (tertiary/aromatic N) is 2. The standard InChI is InChI=1S/C11H17BrN4S/c1-13-10-9(12)11(16-7-15-10)14-6-8-2-4-17-5-3-8/h7-8H,2-6H2,1H3,(H2,13,14,15,16). The van der Waals surface area contributed by atoms with Gasteiger partial charge in [-0.05, 0) is 46.2 Å². The first-order chi connectivity index (χ1) is 8.31. The lowest BCUT2D eigenvalue weighted by Gasteiger charge is -2.22. The van der Waals surface area contributed by atoms with E-state index in [4.69, 9.17) is 0 Å². The molecule has 17 heavy (non-hydrogen) atoms. The van der Waals surface area contributed by atoms with Gasteiger partial charge in [0.25, 0.3) is 0 Å². The molecule has 2 rings (SSSR count). The van der Waals surface area contributed by atoms with Crippen molar-refractivity contribution in [1.82, 2.24) is 9.97 Å². The van der Waals surface area contributed by atoms with E-state index >= 15 is 0 Å². The molecule has 0 unspecified atom stereocenters. The van der Waals surface area contributed by atoms with E-state index in [9.17, 15) is 0 Å². The Morgan fingerprint density at radius 3 is 2.76 bits per heavy atom. The molecule has 0 saturated carbocycles. The SMILES string of the molecule is CNc1ncnc(NCC2CCSCC2)c1Br. The summed E-state index contributed by atoms with van der Waals surface area (Å²) in [5.41, 5.74) is 0.